The third-order valence-corrected chi connectivity index (χ3v) is 7.44. The van der Waals surface area contributed by atoms with Gasteiger partial charge in [0.1, 0.15) is 0 Å². The van der Waals surface area contributed by atoms with Crippen molar-refractivity contribution in [3.05, 3.63) is 89.7 Å². The molecule has 0 atom stereocenters. The number of fused-ring (bicyclic) bond motifs is 2. The second-order valence-corrected chi connectivity index (χ2v) is 9.90. The Morgan fingerprint density at radius 1 is 0.935 bits per heavy atom. The molecule has 0 spiro atoms. The first-order valence-corrected chi connectivity index (χ1v) is 12.9. The van der Waals surface area contributed by atoms with Crippen molar-refractivity contribution in [3.63, 3.8) is 0 Å². The highest BCUT2D eigenvalue weighted by Gasteiger charge is 2.31. The number of hydrogen-bond donors (Lipinski definition) is 0. The van der Waals surface area contributed by atoms with E-state index in [1.54, 1.807) is 0 Å². The summed E-state index contributed by atoms with van der Waals surface area (Å²) in [5, 5.41) is 0. The molecule has 1 nitrogen and oxygen atoms in total. The zero-order valence-corrected chi connectivity index (χ0v) is 20.0. The summed E-state index contributed by atoms with van der Waals surface area (Å²) in [6.07, 6.45) is 15.5. The SMILES string of the molecule is CCCCCCCCSC(=S)C1=C2CC=CC=C2N(c2ccccc2)c2ccccc21. The number of benzene rings is 2. The van der Waals surface area contributed by atoms with Gasteiger partial charge in [-0.05, 0) is 48.4 Å². The minimum absolute atomic E-state index is 0.927. The topological polar surface area (TPSA) is 3.24 Å². The molecule has 2 aromatic carbocycles. The van der Waals surface area contributed by atoms with Crippen LogP contribution in [0, 0.1) is 0 Å². The van der Waals surface area contributed by atoms with Crippen LogP contribution in [-0.2, 0) is 0 Å². The molecular weight excluding hydrogens is 414 g/mol. The molecule has 0 saturated carbocycles. The molecular formula is C28H31NS2. The highest BCUT2D eigenvalue weighted by molar-refractivity contribution is 8.24. The lowest BCUT2D eigenvalue weighted by Crippen LogP contribution is -2.25. The number of unbranched alkanes of at least 4 members (excludes halogenated alkanes) is 5. The first-order valence-electron chi connectivity index (χ1n) is 11.5. The van der Waals surface area contributed by atoms with Crippen LogP contribution in [-0.4, -0.2) is 9.95 Å². The van der Waals surface area contributed by atoms with E-state index in [4.69, 9.17) is 12.2 Å². The van der Waals surface area contributed by atoms with Crippen molar-refractivity contribution in [2.24, 2.45) is 0 Å². The molecule has 0 unspecified atom stereocenters. The monoisotopic (exact) mass is 445 g/mol. The lowest BCUT2D eigenvalue weighted by molar-refractivity contribution is 0.627. The van der Waals surface area contributed by atoms with E-state index in [0.29, 0.717) is 0 Å². The van der Waals surface area contributed by atoms with Gasteiger partial charge in [0.15, 0.2) is 0 Å². The molecule has 31 heavy (non-hydrogen) atoms. The minimum atomic E-state index is 0.927. The van der Waals surface area contributed by atoms with Gasteiger partial charge in [-0.3, -0.25) is 0 Å². The Morgan fingerprint density at radius 2 is 1.68 bits per heavy atom. The fourth-order valence-corrected chi connectivity index (χ4v) is 5.76. The van der Waals surface area contributed by atoms with Gasteiger partial charge in [0.05, 0.1) is 15.6 Å². The van der Waals surface area contributed by atoms with Gasteiger partial charge in [-0.1, -0.05) is 99.8 Å². The molecule has 4 rings (SSSR count). The Labute approximate surface area is 196 Å². The number of hydrogen-bond acceptors (Lipinski definition) is 3. The molecule has 1 aliphatic heterocycles. The maximum Gasteiger partial charge on any atom is 0.0788 e. The van der Waals surface area contributed by atoms with Gasteiger partial charge in [-0.2, -0.15) is 0 Å². The van der Waals surface area contributed by atoms with E-state index in [9.17, 15) is 0 Å². The van der Waals surface area contributed by atoms with Crippen LogP contribution < -0.4 is 4.90 Å². The van der Waals surface area contributed by atoms with E-state index >= 15 is 0 Å². The minimum Gasteiger partial charge on any atom is -0.310 e. The fraction of sp³-hybridized carbons (Fsp3) is 0.321. The fourth-order valence-electron chi connectivity index (χ4n) is 4.37. The number of anilines is 2. The van der Waals surface area contributed by atoms with E-state index in [1.807, 2.05) is 11.8 Å². The van der Waals surface area contributed by atoms with Gasteiger partial charge >= 0.3 is 0 Å². The second-order valence-electron chi connectivity index (χ2n) is 8.13. The van der Waals surface area contributed by atoms with Gasteiger partial charge in [0.25, 0.3) is 0 Å². The van der Waals surface area contributed by atoms with Crippen LogP contribution in [0.4, 0.5) is 11.4 Å². The number of thioether (sulfide) groups is 1. The lowest BCUT2D eigenvalue weighted by atomic mass is 9.87. The average molecular weight is 446 g/mol. The Morgan fingerprint density at radius 3 is 2.52 bits per heavy atom. The van der Waals surface area contributed by atoms with Crippen LogP contribution in [0.15, 0.2) is 84.1 Å². The Bertz CT molecular complexity index is 1000. The molecule has 0 radical (unpaired) electrons. The summed E-state index contributed by atoms with van der Waals surface area (Å²) in [6.45, 7) is 2.27. The third kappa shape index (κ3) is 5.05. The van der Waals surface area contributed by atoms with Crippen LogP contribution in [0.3, 0.4) is 0 Å². The average Bonchev–Trinajstić information content (AvgIpc) is 2.82. The molecule has 0 saturated heterocycles. The Hall–Kier alpha value is -2.10. The van der Waals surface area contributed by atoms with Crippen LogP contribution in [0.25, 0.3) is 5.57 Å². The smallest absolute Gasteiger partial charge is 0.0788 e. The van der Waals surface area contributed by atoms with Gasteiger partial charge in [0, 0.05) is 16.8 Å². The number of nitrogens with zero attached hydrogens (tertiary/aromatic N) is 1. The van der Waals surface area contributed by atoms with Crippen LogP contribution >= 0.6 is 24.0 Å². The highest BCUT2D eigenvalue weighted by Crippen LogP contribution is 2.47. The van der Waals surface area contributed by atoms with Crippen molar-refractivity contribution in [1.29, 1.82) is 0 Å². The molecule has 1 heterocycles. The zero-order chi connectivity index (χ0) is 21.5. The van der Waals surface area contributed by atoms with Crippen LogP contribution in [0.2, 0.25) is 0 Å². The molecule has 3 heteroatoms. The quantitative estimate of drug-likeness (QED) is 0.280. The molecule has 2 aromatic rings. The van der Waals surface area contributed by atoms with E-state index in [-0.39, 0.29) is 0 Å². The van der Waals surface area contributed by atoms with Gasteiger partial charge in [-0.15, -0.1) is 11.8 Å². The van der Waals surface area contributed by atoms with Crippen molar-refractivity contribution in [1.82, 2.24) is 0 Å². The third-order valence-electron chi connectivity index (χ3n) is 5.93. The summed E-state index contributed by atoms with van der Waals surface area (Å²) in [4.78, 5) is 2.39. The van der Waals surface area contributed by atoms with E-state index < -0.39 is 0 Å². The summed E-state index contributed by atoms with van der Waals surface area (Å²) < 4.78 is 1.05. The van der Waals surface area contributed by atoms with Gasteiger partial charge in [-0.25, -0.2) is 0 Å². The number of rotatable bonds is 9. The first-order chi connectivity index (χ1) is 15.3. The van der Waals surface area contributed by atoms with E-state index in [1.165, 1.54) is 72.3 Å². The van der Waals surface area contributed by atoms with Crippen molar-refractivity contribution in [2.45, 2.75) is 51.9 Å². The summed E-state index contributed by atoms with van der Waals surface area (Å²) in [5.74, 6) is 1.11. The predicted octanol–water partition coefficient (Wildman–Crippen LogP) is 8.86. The second kappa shape index (κ2) is 11.0. The molecule has 0 fully saturated rings. The number of thiocarbonyl (C=S) groups is 1. The van der Waals surface area contributed by atoms with Crippen molar-refractivity contribution < 1.29 is 0 Å². The predicted molar refractivity (Wildman–Crippen MR) is 142 cm³/mol. The number of para-hydroxylation sites is 2. The van der Waals surface area contributed by atoms with Crippen molar-refractivity contribution in [2.75, 3.05) is 10.7 Å². The molecule has 1 aliphatic carbocycles. The normalized spacial score (nSPS) is 14.9. The maximum atomic E-state index is 6.03. The summed E-state index contributed by atoms with van der Waals surface area (Å²) in [5.41, 5.74) is 7.55. The molecule has 0 N–H and O–H groups in total. The van der Waals surface area contributed by atoms with E-state index in [2.05, 4.69) is 84.6 Å². The van der Waals surface area contributed by atoms with Gasteiger partial charge in [0.2, 0.25) is 0 Å². The summed E-state index contributed by atoms with van der Waals surface area (Å²) in [7, 11) is 0. The van der Waals surface area contributed by atoms with Crippen LogP contribution in [0.5, 0.6) is 0 Å². The first kappa shape index (κ1) is 22.1. The molecule has 0 amide bonds. The number of allylic oxidation sites excluding steroid dienone is 4. The molecule has 0 aromatic heterocycles. The maximum absolute atomic E-state index is 6.03. The Kier molecular flexibility index (Phi) is 7.82. The highest BCUT2D eigenvalue weighted by atomic mass is 32.2. The van der Waals surface area contributed by atoms with Crippen molar-refractivity contribution in [3.8, 4) is 0 Å². The zero-order valence-electron chi connectivity index (χ0n) is 18.3. The van der Waals surface area contributed by atoms with Gasteiger partial charge < -0.3 is 4.90 Å². The molecule has 0 bridgehead atoms. The molecule has 160 valence electrons. The summed E-state index contributed by atoms with van der Waals surface area (Å²) >= 11 is 7.90. The Balaban J connectivity index is 1.59. The van der Waals surface area contributed by atoms with E-state index in [0.717, 1.165) is 16.4 Å². The van der Waals surface area contributed by atoms with Crippen LogP contribution in [0.1, 0.15) is 57.4 Å². The largest absolute Gasteiger partial charge is 0.310 e. The van der Waals surface area contributed by atoms with Crippen molar-refractivity contribution >= 4 is 45.1 Å². The molecule has 2 aliphatic rings. The summed E-state index contributed by atoms with van der Waals surface area (Å²) in [6, 6.07) is 19.4. The standard InChI is InChI=1S/C28H31NS2/c1-2-3-4-5-6-14-21-31-28(30)27-23-17-10-12-19-25(23)29(22-15-8-7-9-16-22)26-20-13-11-18-24(26)27/h7-13,15-17,19-20H,2-6,14,18,21H2,1H3. The lowest BCUT2D eigenvalue weighted by Gasteiger charge is -2.37.